The summed E-state index contributed by atoms with van der Waals surface area (Å²) in [4.78, 5) is 4.39. The summed E-state index contributed by atoms with van der Waals surface area (Å²) in [6, 6.07) is 19.9. The summed E-state index contributed by atoms with van der Waals surface area (Å²) in [5, 5.41) is 1.11. The molecule has 0 aliphatic heterocycles. The molecular weight excluding hydrogens is 260 g/mol. The van der Waals surface area contributed by atoms with Gasteiger partial charge in [-0.3, -0.25) is 4.98 Å². The number of aromatic nitrogens is 1. The van der Waals surface area contributed by atoms with Crippen molar-refractivity contribution in [1.82, 2.24) is 4.98 Å². The van der Waals surface area contributed by atoms with Crippen molar-refractivity contribution in [3.63, 3.8) is 0 Å². The number of pyridine rings is 1. The Labute approximate surface area is 124 Å². The molecule has 21 heavy (non-hydrogen) atoms. The number of nitrogens with zero attached hydrogens (tertiary/aromatic N) is 1. The molecule has 2 aromatic carbocycles. The highest BCUT2D eigenvalue weighted by Gasteiger charge is 2.21. The van der Waals surface area contributed by atoms with Crippen LogP contribution in [0.3, 0.4) is 0 Å². The van der Waals surface area contributed by atoms with Crippen LogP contribution in [0, 0.1) is 0 Å². The van der Waals surface area contributed by atoms with Crippen molar-refractivity contribution in [2.45, 2.75) is 12.1 Å². The predicted octanol–water partition coefficient (Wildman–Crippen LogP) is 3.62. The number of ether oxygens (including phenoxy) is 1. The van der Waals surface area contributed by atoms with Crippen molar-refractivity contribution in [3.05, 3.63) is 78.0 Å². The maximum absolute atomic E-state index is 6.42. The molecule has 3 nitrogen and oxygen atoms in total. The molecule has 0 radical (unpaired) electrons. The van der Waals surface area contributed by atoms with Gasteiger partial charge in [-0.05, 0) is 23.3 Å². The van der Waals surface area contributed by atoms with Gasteiger partial charge in [-0.1, -0.05) is 48.5 Å². The number of benzene rings is 2. The van der Waals surface area contributed by atoms with Crippen molar-refractivity contribution in [3.8, 4) is 0 Å². The van der Waals surface area contributed by atoms with Crippen molar-refractivity contribution in [2.75, 3.05) is 7.11 Å². The number of fused-ring (bicyclic) bond motifs is 1. The Kier molecular flexibility index (Phi) is 3.95. The molecule has 0 spiro atoms. The maximum Gasteiger partial charge on any atom is 0.101 e. The van der Waals surface area contributed by atoms with E-state index in [9.17, 15) is 0 Å². The molecule has 0 aliphatic rings. The van der Waals surface area contributed by atoms with Crippen LogP contribution in [0.2, 0.25) is 0 Å². The zero-order chi connectivity index (χ0) is 14.7. The topological polar surface area (TPSA) is 48.1 Å². The first-order valence-electron chi connectivity index (χ1n) is 6.97. The first kappa shape index (κ1) is 13.7. The highest BCUT2D eigenvalue weighted by atomic mass is 16.5. The van der Waals surface area contributed by atoms with Gasteiger partial charge in [0.15, 0.2) is 0 Å². The smallest absolute Gasteiger partial charge is 0.101 e. The molecule has 2 unspecified atom stereocenters. The number of nitrogens with two attached hydrogens (primary N) is 1. The summed E-state index contributed by atoms with van der Waals surface area (Å²) < 4.78 is 5.62. The van der Waals surface area contributed by atoms with E-state index in [1.54, 1.807) is 13.3 Å². The van der Waals surface area contributed by atoms with E-state index in [1.807, 2.05) is 54.6 Å². The quantitative estimate of drug-likeness (QED) is 0.793. The summed E-state index contributed by atoms with van der Waals surface area (Å²) in [6.45, 7) is 0. The molecule has 0 fully saturated rings. The van der Waals surface area contributed by atoms with Crippen LogP contribution >= 0.6 is 0 Å². The number of rotatable bonds is 4. The minimum atomic E-state index is -0.233. The van der Waals surface area contributed by atoms with Gasteiger partial charge in [0.1, 0.15) is 6.10 Å². The second-order valence-corrected chi connectivity index (χ2v) is 5.05. The Bertz CT molecular complexity index is 727. The van der Waals surface area contributed by atoms with Gasteiger partial charge in [0.25, 0.3) is 0 Å². The van der Waals surface area contributed by atoms with Crippen molar-refractivity contribution in [2.24, 2.45) is 5.73 Å². The van der Waals surface area contributed by atoms with E-state index >= 15 is 0 Å². The average Bonchev–Trinajstić information content (AvgIpc) is 2.56. The standard InChI is InChI=1S/C18H18N2O/c1-21-18(14-6-3-2-4-7-14)17(19)15-10-9-13-8-5-11-20-16(13)12-15/h2-12,17-18H,19H2,1H3. The monoisotopic (exact) mass is 278 g/mol. The first-order valence-corrected chi connectivity index (χ1v) is 6.97. The summed E-state index contributed by atoms with van der Waals surface area (Å²) in [5.41, 5.74) is 9.47. The van der Waals surface area contributed by atoms with Gasteiger partial charge >= 0.3 is 0 Å². The highest BCUT2D eigenvalue weighted by Crippen LogP contribution is 2.30. The third-order valence-electron chi connectivity index (χ3n) is 3.72. The lowest BCUT2D eigenvalue weighted by Crippen LogP contribution is -2.21. The molecule has 106 valence electrons. The number of methoxy groups -OCH3 is 1. The van der Waals surface area contributed by atoms with Crippen LogP contribution in [0.15, 0.2) is 66.9 Å². The minimum absolute atomic E-state index is 0.174. The molecule has 3 rings (SSSR count). The van der Waals surface area contributed by atoms with E-state index in [2.05, 4.69) is 11.1 Å². The van der Waals surface area contributed by atoms with Crippen LogP contribution in [-0.4, -0.2) is 12.1 Å². The van der Waals surface area contributed by atoms with Gasteiger partial charge in [-0.15, -0.1) is 0 Å². The van der Waals surface area contributed by atoms with Gasteiger partial charge < -0.3 is 10.5 Å². The van der Waals surface area contributed by atoms with Crippen LogP contribution in [0.1, 0.15) is 23.3 Å². The first-order chi connectivity index (χ1) is 10.3. The van der Waals surface area contributed by atoms with E-state index in [0.717, 1.165) is 22.0 Å². The Balaban J connectivity index is 1.96. The molecule has 2 N–H and O–H groups in total. The van der Waals surface area contributed by atoms with Gasteiger partial charge in [0.05, 0.1) is 11.6 Å². The summed E-state index contributed by atoms with van der Waals surface area (Å²) in [5.74, 6) is 0. The molecule has 0 saturated heterocycles. The predicted molar refractivity (Wildman–Crippen MR) is 84.9 cm³/mol. The molecule has 0 aliphatic carbocycles. The highest BCUT2D eigenvalue weighted by molar-refractivity contribution is 5.79. The van der Waals surface area contributed by atoms with Gasteiger partial charge in [-0.2, -0.15) is 0 Å². The number of hydrogen-bond acceptors (Lipinski definition) is 3. The molecule has 3 aromatic rings. The molecule has 1 aromatic heterocycles. The Morgan fingerprint density at radius 3 is 2.52 bits per heavy atom. The van der Waals surface area contributed by atoms with E-state index < -0.39 is 0 Å². The average molecular weight is 278 g/mol. The van der Waals surface area contributed by atoms with E-state index in [-0.39, 0.29) is 12.1 Å². The molecule has 2 atom stereocenters. The summed E-state index contributed by atoms with van der Waals surface area (Å²) in [7, 11) is 1.69. The second-order valence-electron chi connectivity index (χ2n) is 5.05. The lowest BCUT2D eigenvalue weighted by molar-refractivity contribution is 0.0802. The minimum Gasteiger partial charge on any atom is -0.375 e. The van der Waals surface area contributed by atoms with Crippen molar-refractivity contribution < 1.29 is 4.74 Å². The Morgan fingerprint density at radius 2 is 1.76 bits per heavy atom. The SMILES string of the molecule is COC(c1ccccc1)C(N)c1ccc2cccnc2c1. The van der Waals surface area contributed by atoms with Gasteiger partial charge in [-0.25, -0.2) is 0 Å². The van der Waals surface area contributed by atoms with Crippen molar-refractivity contribution >= 4 is 10.9 Å². The maximum atomic E-state index is 6.42. The van der Waals surface area contributed by atoms with E-state index in [4.69, 9.17) is 10.5 Å². The van der Waals surface area contributed by atoms with E-state index in [0.29, 0.717) is 0 Å². The fourth-order valence-corrected chi connectivity index (χ4v) is 2.60. The molecule has 0 saturated carbocycles. The van der Waals surface area contributed by atoms with Gasteiger partial charge in [0.2, 0.25) is 0 Å². The van der Waals surface area contributed by atoms with E-state index in [1.165, 1.54) is 0 Å². The third kappa shape index (κ3) is 2.79. The Morgan fingerprint density at radius 1 is 0.952 bits per heavy atom. The number of hydrogen-bond donors (Lipinski definition) is 1. The largest absolute Gasteiger partial charge is 0.375 e. The van der Waals surface area contributed by atoms with Crippen LogP contribution < -0.4 is 5.73 Å². The molecule has 0 bridgehead atoms. The fraction of sp³-hybridized carbons (Fsp3) is 0.167. The molecule has 3 heteroatoms. The zero-order valence-corrected chi connectivity index (χ0v) is 11.9. The zero-order valence-electron chi connectivity index (χ0n) is 11.9. The van der Waals surface area contributed by atoms with Gasteiger partial charge in [0, 0.05) is 18.7 Å². The van der Waals surface area contributed by atoms with Crippen LogP contribution in [0.4, 0.5) is 0 Å². The fourth-order valence-electron chi connectivity index (χ4n) is 2.60. The summed E-state index contributed by atoms with van der Waals surface area (Å²) >= 11 is 0. The lowest BCUT2D eigenvalue weighted by Gasteiger charge is -2.23. The normalized spacial score (nSPS) is 14.0. The van der Waals surface area contributed by atoms with Crippen molar-refractivity contribution in [1.29, 1.82) is 0 Å². The van der Waals surface area contributed by atoms with Crippen LogP contribution in [0.5, 0.6) is 0 Å². The molecule has 0 amide bonds. The molecule has 1 heterocycles. The second kappa shape index (κ2) is 6.04. The van der Waals surface area contributed by atoms with Crippen LogP contribution in [0.25, 0.3) is 10.9 Å². The third-order valence-corrected chi connectivity index (χ3v) is 3.72. The Hall–Kier alpha value is -2.23. The lowest BCUT2D eigenvalue weighted by atomic mass is 9.95. The molecular formula is C18H18N2O. The van der Waals surface area contributed by atoms with Crippen LogP contribution in [-0.2, 0) is 4.74 Å². The summed E-state index contributed by atoms with van der Waals surface area (Å²) in [6.07, 6.45) is 1.62.